The second-order valence-electron chi connectivity index (χ2n) is 5.59. The summed E-state index contributed by atoms with van der Waals surface area (Å²) in [4.78, 5) is 17.0. The number of rotatable bonds is 10. The van der Waals surface area contributed by atoms with Gasteiger partial charge in [-0.15, -0.1) is 11.3 Å². The van der Waals surface area contributed by atoms with Crippen molar-refractivity contribution in [1.29, 1.82) is 0 Å². The first kappa shape index (κ1) is 19.4. The van der Waals surface area contributed by atoms with E-state index in [0.29, 0.717) is 17.9 Å². The molecule has 6 nitrogen and oxygen atoms in total. The molecule has 0 atom stereocenters. The number of nitrogens with two attached hydrogens (primary N) is 1. The Morgan fingerprint density at radius 1 is 1.28 bits per heavy atom. The predicted octanol–water partition coefficient (Wildman–Crippen LogP) is 3.39. The number of unbranched alkanes of at least 4 members (excludes halogenated alkanes) is 1. The van der Waals surface area contributed by atoms with Crippen molar-refractivity contribution in [2.24, 2.45) is 5.73 Å². The smallest absolute Gasteiger partial charge is 0.252 e. The van der Waals surface area contributed by atoms with Gasteiger partial charge in [-0.2, -0.15) is 0 Å². The van der Waals surface area contributed by atoms with Crippen LogP contribution in [0, 0.1) is 6.92 Å². The molecule has 0 bridgehead atoms. The number of aromatic nitrogens is 1. The molecular weight excluding hydrogens is 340 g/mol. The van der Waals surface area contributed by atoms with Crippen LogP contribution < -0.4 is 10.5 Å². The molecule has 0 aliphatic rings. The van der Waals surface area contributed by atoms with Gasteiger partial charge in [-0.3, -0.25) is 4.79 Å². The summed E-state index contributed by atoms with van der Waals surface area (Å²) in [5.74, 6) is 0.00856. The summed E-state index contributed by atoms with van der Waals surface area (Å²) in [5.41, 5.74) is 9.57. The molecular formula is C18H24N2O4S. The summed E-state index contributed by atoms with van der Waals surface area (Å²) < 4.78 is 16.1. The van der Waals surface area contributed by atoms with Gasteiger partial charge in [-0.25, -0.2) is 4.98 Å². The molecule has 0 aliphatic heterocycles. The van der Waals surface area contributed by atoms with E-state index in [2.05, 4.69) is 4.98 Å². The normalized spacial score (nSPS) is 11.0. The van der Waals surface area contributed by atoms with Crippen LogP contribution in [0.25, 0.3) is 10.4 Å². The van der Waals surface area contributed by atoms with Crippen molar-refractivity contribution in [3.05, 3.63) is 35.0 Å². The van der Waals surface area contributed by atoms with Gasteiger partial charge in [0.05, 0.1) is 28.3 Å². The third kappa shape index (κ3) is 5.26. The molecule has 7 heteroatoms. The van der Waals surface area contributed by atoms with Gasteiger partial charge in [-0.05, 0) is 43.9 Å². The molecule has 0 saturated carbocycles. The molecule has 0 fully saturated rings. The molecule has 2 N–H and O–H groups in total. The van der Waals surface area contributed by atoms with Gasteiger partial charge < -0.3 is 19.9 Å². The van der Waals surface area contributed by atoms with E-state index in [4.69, 9.17) is 19.9 Å². The highest BCUT2D eigenvalue weighted by Gasteiger charge is 2.13. The Balaban J connectivity index is 2.02. The van der Waals surface area contributed by atoms with Crippen LogP contribution in [0.2, 0.25) is 0 Å². The number of hydrogen-bond acceptors (Lipinski definition) is 6. The number of benzene rings is 1. The number of carbonyl (C=O) groups is 1. The fraction of sp³-hybridized carbons (Fsp3) is 0.444. The number of amides is 1. The maximum Gasteiger partial charge on any atom is 0.252 e. The standard InChI is InChI=1S/C18H24N2O4S/c1-12-17(25-11-20-12)13-7-8-14(18(19)21)15(10-13)24-9-5-4-6-16(22-2)23-3/h7-8,10-11,16H,4-6,9H2,1-3H3,(H2,19,21). The molecule has 0 spiro atoms. The fourth-order valence-corrected chi connectivity index (χ4v) is 3.30. The van der Waals surface area contributed by atoms with Gasteiger partial charge in [0.25, 0.3) is 5.91 Å². The maximum absolute atomic E-state index is 11.6. The predicted molar refractivity (Wildman–Crippen MR) is 98.0 cm³/mol. The molecule has 25 heavy (non-hydrogen) atoms. The molecule has 1 aromatic carbocycles. The van der Waals surface area contributed by atoms with Gasteiger partial charge >= 0.3 is 0 Å². The van der Waals surface area contributed by atoms with Gasteiger partial charge in [0.2, 0.25) is 0 Å². The molecule has 1 amide bonds. The minimum absolute atomic E-state index is 0.196. The Hall–Kier alpha value is -1.96. The second-order valence-corrected chi connectivity index (χ2v) is 6.44. The zero-order chi connectivity index (χ0) is 18.2. The Morgan fingerprint density at radius 3 is 2.64 bits per heavy atom. The highest BCUT2D eigenvalue weighted by atomic mass is 32.1. The lowest BCUT2D eigenvalue weighted by molar-refractivity contribution is -0.107. The van der Waals surface area contributed by atoms with E-state index in [-0.39, 0.29) is 6.29 Å². The Labute approximate surface area is 151 Å². The molecule has 0 radical (unpaired) electrons. The monoisotopic (exact) mass is 364 g/mol. The number of thiazole rings is 1. The summed E-state index contributed by atoms with van der Waals surface area (Å²) >= 11 is 1.56. The van der Waals surface area contributed by atoms with Crippen LogP contribution in [0.5, 0.6) is 5.75 Å². The number of ether oxygens (including phenoxy) is 3. The van der Waals surface area contributed by atoms with Crippen molar-refractivity contribution >= 4 is 17.2 Å². The number of aryl methyl sites for hydroxylation is 1. The Morgan fingerprint density at radius 2 is 2.04 bits per heavy atom. The van der Waals surface area contributed by atoms with E-state index in [1.807, 2.05) is 19.1 Å². The first-order chi connectivity index (χ1) is 12.1. The number of nitrogens with zero attached hydrogens (tertiary/aromatic N) is 1. The van der Waals surface area contributed by atoms with Crippen LogP contribution in [-0.4, -0.2) is 38.0 Å². The lowest BCUT2D eigenvalue weighted by Gasteiger charge is -2.14. The van der Waals surface area contributed by atoms with E-state index in [1.165, 1.54) is 0 Å². The minimum Gasteiger partial charge on any atom is -0.493 e. The first-order valence-electron chi connectivity index (χ1n) is 8.09. The van der Waals surface area contributed by atoms with Crippen LogP contribution in [-0.2, 0) is 9.47 Å². The number of primary amides is 1. The van der Waals surface area contributed by atoms with Gasteiger partial charge in [-0.1, -0.05) is 6.07 Å². The molecule has 0 saturated heterocycles. The van der Waals surface area contributed by atoms with Crippen LogP contribution >= 0.6 is 11.3 Å². The van der Waals surface area contributed by atoms with Crippen molar-refractivity contribution in [2.75, 3.05) is 20.8 Å². The Bertz CT molecular complexity index is 698. The minimum atomic E-state index is -0.499. The van der Waals surface area contributed by atoms with Crippen molar-refractivity contribution in [3.8, 4) is 16.2 Å². The third-order valence-electron chi connectivity index (χ3n) is 3.87. The molecule has 0 aliphatic carbocycles. The van der Waals surface area contributed by atoms with Crippen LogP contribution in [0.3, 0.4) is 0 Å². The van der Waals surface area contributed by atoms with E-state index >= 15 is 0 Å². The van der Waals surface area contributed by atoms with Crippen molar-refractivity contribution in [3.63, 3.8) is 0 Å². The number of hydrogen-bond donors (Lipinski definition) is 1. The average molecular weight is 364 g/mol. The summed E-state index contributed by atoms with van der Waals surface area (Å²) in [6.45, 7) is 2.45. The zero-order valence-corrected chi connectivity index (χ0v) is 15.6. The van der Waals surface area contributed by atoms with Crippen LogP contribution in [0.1, 0.15) is 35.3 Å². The van der Waals surface area contributed by atoms with E-state index in [0.717, 1.165) is 35.4 Å². The van der Waals surface area contributed by atoms with Crippen LogP contribution in [0.15, 0.2) is 23.7 Å². The fourth-order valence-electron chi connectivity index (χ4n) is 2.49. The number of carbonyl (C=O) groups excluding carboxylic acids is 1. The van der Waals surface area contributed by atoms with Crippen molar-refractivity contribution in [1.82, 2.24) is 4.98 Å². The molecule has 136 valence electrons. The second kappa shape index (κ2) is 9.50. The largest absolute Gasteiger partial charge is 0.493 e. The maximum atomic E-state index is 11.6. The van der Waals surface area contributed by atoms with Crippen LogP contribution in [0.4, 0.5) is 0 Å². The lowest BCUT2D eigenvalue weighted by atomic mass is 10.1. The van der Waals surface area contributed by atoms with Crippen molar-refractivity contribution in [2.45, 2.75) is 32.5 Å². The molecule has 2 rings (SSSR count). The quantitative estimate of drug-likeness (QED) is 0.516. The summed E-state index contributed by atoms with van der Waals surface area (Å²) in [5, 5.41) is 0. The highest BCUT2D eigenvalue weighted by Crippen LogP contribution is 2.32. The van der Waals surface area contributed by atoms with E-state index in [1.54, 1.807) is 37.1 Å². The average Bonchev–Trinajstić information content (AvgIpc) is 3.03. The number of methoxy groups -OCH3 is 2. The van der Waals surface area contributed by atoms with E-state index < -0.39 is 5.91 Å². The molecule has 1 aromatic heterocycles. The molecule has 0 unspecified atom stereocenters. The van der Waals surface area contributed by atoms with Crippen molar-refractivity contribution < 1.29 is 19.0 Å². The summed E-state index contributed by atoms with van der Waals surface area (Å²) in [7, 11) is 3.24. The lowest BCUT2D eigenvalue weighted by Crippen LogP contribution is -2.14. The van der Waals surface area contributed by atoms with Gasteiger partial charge in [0.1, 0.15) is 5.75 Å². The van der Waals surface area contributed by atoms with Gasteiger partial charge in [0, 0.05) is 14.2 Å². The summed E-state index contributed by atoms with van der Waals surface area (Å²) in [6.07, 6.45) is 2.31. The SMILES string of the molecule is COC(CCCCOc1cc(-c2scnc2C)ccc1C(N)=O)OC. The molecule has 2 aromatic rings. The first-order valence-corrected chi connectivity index (χ1v) is 8.97. The highest BCUT2D eigenvalue weighted by molar-refractivity contribution is 7.13. The third-order valence-corrected chi connectivity index (χ3v) is 4.85. The van der Waals surface area contributed by atoms with E-state index in [9.17, 15) is 4.79 Å². The summed E-state index contributed by atoms with van der Waals surface area (Å²) in [6, 6.07) is 5.43. The van der Waals surface area contributed by atoms with Gasteiger partial charge in [0.15, 0.2) is 6.29 Å². The zero-order valence-electron chi connectivity index (χ0n) is 14.8. The Kier molecular flexibility index (Phi) is 7.36. The molecule has 1 heterocycles. The topological polar surface area (TPSA) is 83.7 Å².